The first kappa shape index (κ1) is 11.1. The van der Waals surface area contributed by atoms with Crippen molar-refractivity contribution in [3.63, 3.8) is 0 Å². The molecule has 0 bridgehead atoms. The first-order chi connectivity index (χ1) is 8.61. The van der Waals surface area contributed by atoms with Crippen LogP contribution in [-0.2, 0) is 0 Å². The lowest BCUT2D eigenvalue weighted by atomic mass is 9.81. The van der Waals surface area contributed by atoms with E-state index in [2.05, 4.69) is 17.1 Å². The zero-order valence-electron chi connectivity index (χ0n) is 10.4. The predicted octanol–water partition coefficient (Wildman–Crippen LogP) is 3.42. The molecule has 1 aromatic heterocycles. The minimum atomic E-state index is 0.0912. The fraction of sp³-hybridized carbons (Fsp3) is 0.267. The number of fused-ring (bicyclic) bond motifs is 2. The molecule has 92 valence electrons. The molecule has 18 heavy (non-hydrogen) atoms. The summed E-state index contributed by atoms with van der Waals surface area (Å²) in [6, 6.07) is 3.55. The molecule has 1 heterocycles. The highest BCUT2D eigenvalue weighted by molar-refractivity contribution is 5.93. The summed E-state index contributed by atoms with van der Waals surface area (Å²) < 4.78 is 0. The molecular weight excluding hydrogens is 226 g/mol. The zero-order valence-corrected chi connectivity index (χ0v) is 10.4. The maximum atomic E-state index is 10.4. The van der Waals surface area contributed by atoms with Crippen LogP contribution in [0.25, 0.3) is 10.9 Å². The standard InChI is InChI=1S/C15H15NO2/c1-8-5-6-9(2)12-11(8)14(17)10-4-3-7-16-13(10)15(12)18/h3-9,17-18H,1-2H3. The van der Waals surface area contributed by atoms with Crippen molar-refractivity contribution in [2.75, 3.05) is 0 Å². The number of nitrogens with zero attached hydrogens (tertiary/aromatic N) is 1. The van der Waals surface area contributed by atoms with Crippen molar-refractivity contribution >= 4 is 10.9 Å². The van der Waals surface area contributed by atoms with Gasteiger partial charge in [-0.2, -0.15) is 0 Å². The number of phenols is 2. The van der Waals surface area contributed by atoms with Crippen molar-refractivity contribution < 1.29 is 10.2 Å². The van der Waals surface area contributed by atoms with E-state index < -0.39 is 0 Å². The normalized spacial score (nSPS) is 22.1. The van der Waals surface area contributed by atoms with Gasteiger partial charge in [-0.3, -0.25) is 4.98 Å². The van der Waals surface area contributed by atoms with Crippen molar-refractivity contribution in [2.45, 2.75) is 25.7 Å². The molecule has 0 radical (unpaired) electrons. The lowest BCUT2D eigenvalue weighted by Crippen LogP contribution is -2.07. The molecule has 0 saturated heterocycles. The summed E-state index contributed by atoms with van der Waals surface area (Å²) in [6.07, 6.45) is 5.75. The molecule has 0 amide bonds. The van der Waals surface area contributed by atoms with Gasteiger partial charge in [-0.25, -0.2) is 0 Å². The van der Waals surface area contributed by atoms with Gasteiger partial charge in [-0.15, -0.1) is 0 Å². The number of aromatic nitrogens is 1. The molecule has 2 unspecified atom stereocenters. The Hall–Kier alpha value is -2.03. The number of rotatable bonds is 0. The number of pyridine rings is 1. The van der Waals surface area contributed by atoms with Gasteiger partial charge >= 0.3 is 0 Å². The first-order valence-corrected chi connectivity index (χ1v) is 6.12. The van der Waals surface area contributed by atoms with Gasteiger partial charge in [0.15, 0.2) is 0 Å². The van der Waals surface area contributed by atoms with Crippen molar-refractivity contribution in [2.24, 2.45) is 0 Å². The first-order valence-electron chi connectivity index (χ1n) is 6.12. The van der Waals surface area contributed by atoms with Gasteiger partial charge in [-0.05, 0) is 12.1 Å². The Morgan fingerprint density at radius 3 is 2.28 bits per heavy atom. The summed E-state index contributed by atoms with van der Waals surface area (Å²) in [5, 5.41) is 21.4. The second kappa shape index (κ2) is 3.73. The summed E-state index contributed by atoms with van der Waals surface area (Å²) in [6.45, 7) is 4.03. The summed E-state index contributed by atoms with van der Waals surface area (Å²) >= 11 is 0. The molecular formula is C15H15NO2. The molecule has 0 fully saturated rings. The lowest BCUT2D eigenvalue weighted by Gasteiger charge is -2.25. The molecule has 1 aliphatic rings. The molecule has 3 rings (SSSR count). The molecule has 1 aromatic carbocycles. The smallest absolute Gasteiger partial charge is 0.146 e. The van der Waals surface area contributed by atoms with Gasteiger partial charge in [0.25, 0.3) is 0 Å². The molecule has 2 atom stereocenters. The average molecular weight is 241 g/mol. The van der Waals surface area contributed by atoms with Gasteiger partial charge in [0, 0.05) is 34.5 Å². The van der Waals surface area contributed by atoms with Crippen LogP contribution in [0.1, 0.15) is 36.8 Å². The van der Waals surface area contributed by atoms with Gasteiger partial charge in [0.2, 0.25) is 0 Å². The molecule has 2 N–H and O–H groups in total. The molecule has 1 aliphatic carbocycles. The molecule has 3 heteroatoms. The molecule has 0 saturated carbocycles. The second-order valence-electron chi connectivity index (χ2n) is 4.89. The van der Waals surface area contributed by atoms with E-state index in [-0.39, 0.29) is 23.3 Å². The van der Waals surface area contributed by atoms with E-state index in [1.165, 1.54) is 0 Å². The number of aromatic hydroxyl groups is 2. The number of benzene rings is 1. The summed E-state index contributed by atoms with van der Waals surface area (Å²) in [5.41, 5.74) is 2.10. The Balaban J connectivity index is 2.48. The number of hydrogen-bond donors (Lipinski definition) is 2. The van der Waals surface area contributed by atoms with Crippen molar-refractivity contribution in [1.82, 2.24) is 4.98 Å². The largest absolute Gasteiger partial charge is 0.507 e. The quantitative estimate of drug-likeness (QED) is 0.549. The van der Waals surface area contributed by atoms with Crippen LogP contribution in [0.3, 0.4) is 0 Å². The SMILES string of the molecule is CC1C=CC(C)c2c1c(O)c1cccnc1c2O. The molecule has 0 aliphatic heterocycles. The van der Waals surface area contributed by atoms with Crippen LogP contribution in [0.4, 0.5) is 0 Å². The van der Waals surface area contributed by atoms with Crippen molar-refractivity contribution in [3.05, 3.63) is 41.6 Å². The van der Waals surface area contributed by atoms with E-state index in [9.17, 15) is 10.2 Å². The zero-order chi connectivity index (χ0) is 12.9. The summed E-state index contributed by atoms with van der Waals surface area (Å²) in [5.74, 6) is 0.636. The minimum Gasteiger partial charge on any atom is -0.507 e. The van der Waals surface area contributed by atoms with E-state index in [1.54, 1.807) is 18.3 Å². The topological polar surface area (TPSA) is 53.4 Å². The molecule has 0 spiro atoms. The highest BCUT2D eigenvalue weighted by Crippen LogP contribution is 2.47. The third-order valence-electron chi connectivity index (χ3n) is 3.69. The van der Waals surface area contributed by atoms with Crippen LogP contribution < -0.4 is 0 Å². The van der Waals surface area contributed by atoms with Crippen molar-refractivity contribution in [1.29, 1.82) is 0 Å². The Morgan fingerprint density at radius 1 is 1.00 bits per heavy atom. The van der Waals surface area contributed by atoms with Crippen LogP contribution in [0.2, 0.25) is 0 Å². The monoisotopic (exact) mass is 241 g/mol. The highest BCUT2D eigenvalue weighted by Gasteiger charge is 2.27. The van der Waals surface area contributed by atoms with E-state index in [0.29, 0.717) is 10.9 Å². The number of allylic oxidation sites excluding steroid dienone is 2. The average Bonchev–Trinajstić information content (AvgIpc) is 2.38. The molecule has 3 nitrogen and oxygen atoms in total. The van der Waals surface area contributed by atoms with Gasteiger partial charge in [0.05, 0.1) is 0 Å². The third kappa shape index (κ3) is 1.33. The highest BCUT2D eigenvalue weighted by atomic mass is 16.3. The van der Waals surface area contributed by atoms with Gasteiger partial charge in [-0.1, -0.05) is 26.0 Å². The Morgan fingerprint density at radius 2 is 1.61 bits per heavy atom. The Bertz CT molecular complexity index is 605. The minimum absolute atomic E-state index is 0.0912. The third-order valence-corrected chi connectivity index (χ3v) is 3.69. The van der Waals surface area contributed by atoms with Crippen LogP contribution in [0, 0.1) is 0 Å². The van der Waals surface area contributed by atoms with Gasteiger partial charge in [0.1, 0.15) is 17.0 Å². The van der Waals surface area contributed by atoms with Gasteiger partial charge < -0.3 is 10.2 Å². The Labute approximate surface area is 105 Å². The van der Waals surface area contributed by atoms with E-state index in [1.807, 2.05) is 13.8 Å². The van der Waals surface area contributed by atoms with E-state index in [0.717, 1.165) is 11.1 Å². The van der Waals surface area contributed by atoms with E-state index in [4.69, 9.17) is 0 Å². The summed E-state index contributed by atoms with van der Waals surface area (Å²) in [7, 11) is 0. The molecule has 2 aromatic rings. The fourth-order valence-corrected chi connectivity index (χ4v) is 2.76. The predicted molar refractivity (Wildman–Crippen MR) is 71.0 cm³/mol. The Kier molecular flexibility index (Phi) is 2.30. The lowest BCUT2D eigenvalue weighted by molar-refractivity contribution is 0.452. The van der Waals surface area contributed by atoms with Crippen LogP contribution in [0.5, 0.6) is 11.5 Å². The van der Waals surface area contributed by atoms with E-state index >= 15 is 0 Å². The van der Waals surface area contributed by atoms with Crippen LogP contribution in [-0.4, -0.2) is 15.2 Å². The van der Waals surface area contributed by atoms with Crippen molar-refractivity contribution in [3.8, 4) is 11.5 Å². The number of phenolic OH excluding ortho intramolecular Hbond substituents is 2. The number of hydrogen-bond acceptors (Lipinski definition) is 3. The maximum Gasteiger partial charge on any atom is 0.146 e. The second-order valence-corrected chi connectivity index (χ2v) is 4.89. The summed E-state index contributed by atoms with van der Waals surface area (Å²) in [4.78, 5) is 4.18. The fourth-order valence-electron chi connectivity index (χ4n) is 2.76. The van der Waals surface area contributed by atoms with Crippen LogP contribution in [0.15, 0.2) is 30.5 Å². The van der Waals surface area contributed by atoms with Crippen LogP contribution >= 0.6 is 0 Å². The maximum absolute atomic E-state index is 10.4.